The molecule has 0 aliphatic heterocycles. The quantitative estimate of drug-likeness (QED) is 0.515. The first kappa shape index (κ1) is 19.0. The molecule has 1 N–H and O–H groups in total. The molecule has 1 aliphatic rings. The molecule has 0 atom stereocenters. The van der Waals surface area contributed by atoms with E-state index in [0.717, 1.165) is 53.0 Å². The summed E-state index contributed by atoms with van der Waals surface area (Å²) in [5.41, 5.74) is 5.56. The SMILES string of the molecule is Cc1nn(Cc2ccccc2)c(C)c1C=Cc1nc2sc3c(c2c(=O)[nH]1)CCCC3. The Morgan fingerprint density at radius 1 is 1.13 bits per heavy atom. The summed E-state index contributed by atoms with van der Waals surface area (Å²) in [5.74, 6) is 0.598. The standard InChI is InChI=1S/C24H24N4OS/c1-15-18(16(2)28(27-15)14-17-8-4-3-5-9-17)12-13-21-25-23(29)22-19-10-6-7-11-20(19)30-24(22)26-21/h3-5,8-9,12-13H,6-7,10-11,14H2,1-2H3,(H,25,26,29). The topological polar surface area (TPSA) is 63.6 Å². The van der Waals surface area contributed by atoms with Crippen LogP contribution in [0.4, 0.5) is 0 Å². The highest BCUT2D eigenvalue weighted by Gasteiger charge is 2.19. The predicted octanol–water partition coefficient (Wildman–Crippen LogP) is 4.90. The summed E-state index contributed by atoms with van der Waals surface area (Å²) in [6, 6.07) is 10.3. The number of aromatic nitrogens is 4. The van der Waals surface area contributed by atoms with Crippen molar-refractivity contribution < 1.29 is 0 Å². The number of nitrogens with one attached hydrogen (secondary N) is 1. The van der Waals surface area contributed by atoms with Crippen LogP contribution in [0, 0.1) is 13.8 Å². The highest BCUT2D eigenvalue weighted by Crippen LogP contribution is 2.33. The Morgan fingerprint density at radius 3 is 2.77 bits per heavy atom. The first-order valence-corrected chi connectivity index (χ1v) is 11.2. The average molecular weight is 417 g/mol. The summed E-state index contributed by atoms with van der Waals surface area (Å²) < 4.78 is 2.02. The molecular formula is C24H24N4OS. The number of hydrogen-bond acceptors (Lipinski definition) is 4. The van der Waals surface area contributed by atoms with Gasteiger partial charge in [0.1, 0.15) is 10.7 Å². The van der Waals surface area contributed by atoms with E-state index < -0.39 is 0 Å². The van der Waals surface area contributed by atoms with E-state index in [0.29, 0.717) is 5.82 Å². The lowest BCUT2D eigenvalue weighted by Crippen LogP contribution is -2.11. The van der Waals surface area contributed by atoms with Crippen molar-refractivity contribution in [2.24, 2.45) is 0 Å². The maximum atomic E-state index is 12.7. The molecular weight excluding hydrogens is 392 g/mol. The van der Waals surface area contributed by atoms with Gasteiger partial charge in [0.05, 0.1) is 17.6 Å². The van der Waals surface area contributed by atoms with Gasteiger partial charge in [-0.25, -0.2) is 4.98 Å². The minimum Gasteiger partial charge on any atom is -0.306 e. The van der Waals surface area contributed by atoms with Crippen molar-refractivity contribution in [3.05, 3.63) is 79.5 Å². The van der Waals surface area contributed by atoms with Gasteiger partial charge in [0.15, 0.2) is 0 Å². The van der Waals surface area contributed by atoms with Crippen LogP contribution in [0.5, 0.6) is 0 Å². The van der Waals surface area contributed by atoms with Crippen molar-refractivity contribution in [3.63, 3.8) is 0 Å². The van der Waals surface area contributed by atoms with E-state index in [9.17, 15) is 4.79 Å². The normalized spacial score (nSPS) is 13.9. The number of nitrogens with zero attached hydrogens (tertiary/aromatic N) is 3. The molecule has 152 valence electrons. The molecule has 0 unspecified atom stereocenters. The van der Waals surface area contributed by atoms with Gasteiger partial charge in [-0.15, -0.1) is 11.3 Å². The molecule has 1 aliphatic carbocycles. The van der Waals surface area contributed by atoms with Crippen molar-refractivity contribution in [1.82, 2.24) is 19.7 Å². The first-order valence-electron chi connectivity index (χ1n) is 10.4. The summed E-state index contributed by atoms with van der Waals surface area (Å²) in [4.78, 5) is 22.7. The second-order valence-electron chi connectivity index (χ2n) is 7.90. The highest BCUT2D eigenvalue weighted by atomic mass is 32.1. The molecule has 3 aromatic heterocycles. The van der Waals surface area contributed by atoms with E-state index in [1.807, 2.05) is 42.0 Å². The van der Waals surface area contributed by atoms with E-state index in [1.54, 1.807) is 11.3 Å². The van der Waals surface area contributed by atoms with Gasteiger partial charge in [-0.2, -0.15) is 5.10 Å². The predicted molar refractivity (Wildman–Crippen MR) is 123 cm³/mol. The molecule has 30 heavy (non-hydrogen) atoms. The van der Waals surface area contributed by atoms with Crippen molar-refractivity contribution in [1.29, 1.82) is 0 Å². The van der Waals surface area contributed by atoms with Gasteiger partial charge in [0.25, 0.3) is 5.56 Å². The van der Waals surface area contributed by atoms with Gasteiger partial charge in [0.2, 0.25) is 0 Å². The van der Waals surface area contributed by atoms with Crippen LogP contribution < -0.4 is 5.56 Å². The molecule has 0 saturated heterocycles. The van der Waals surface area contributed by atoms with Crippen molar-refractivity contribution >= 4 is 33.7 Å². The molecule has 1 aromatic carbocycles. The zero-order valence-electron chi connectivity index (χ0n) is 17.2. The molecule has 3 heterocycles. The minimum absolute atomic E-state index is 0.0210. The number of H-pyrrole nitrogens is 1. The molecule has 0 radical (unpaired) electrons. The van der Waals surface area contributed by atoms with E-state index in [-0.39, 0.29) is 5.56 Å². The summed E-state index contributed by atoms with van der Waals surface area (Å²) >= 11 is 1.68. The van der Waals surface area contributed by atoms with Crippen LogP contribution in [0.15, 0.2) is 35.1 Å². The zero-order chi connectivity index (χ0) is 20.7. The van der Waals surface area contributed by atoms with Gasteiger partial charge < -0.3 is 4.98 Å². The lowest BCUT2D eigenvalue weighted by molar-refractivity contribution is 0.659. The molecule has 0 bridgehead atoms. The fraction of sp³-hybridized carbons (Fsp3) is 0.292. The van der Waals surface area contributed by atoms with E-state index >= 15 is 0 Å². The minimum atomic E-state index is -0.0210. The van der Waals surface area contributed by atoms with Crippen LogP contribution in [-0.2, 0) is 19.4 Å². The Balaban J connectivity index is 1.47. The van der Waals surface area contributed by atoms with E-state index in [1.165, 1.54) is 22.4 Å². The Hall–Kier alpha value is -2.99. The van der Waals surface area contributed by atoms with Gasteiger partial charge >= 0.3 is 0 Å². The molecule has 5 rings (SSSR count). The van der Waals surface area contributed by atoms with E-state index in [4.69, 9.17) is 10.1 Å². The van der Waals surface area contributed by atoms with Gasteiger partial charge in [-0.05, 0) is 62.8 Å². The largest absolute Gasteiger partial charge is 0.306 e. The second kappa shape index (κ2) is 7.69. The number of hydrogen-bond donors (Lipinski definition) is 1. The zero-order valence-corrected chi connectivity index (χ0v) is 18.1. The maximum absolute atomic E-state index is 12.7. The lowest BCUT2D eigenvalue weighted by Gasteiger charge is -2.09. The Morgan fingerprint density at radius 2 is 1.93 bits per heavy atom. The van der Waals surface area contributed by atoms with Crippen LogP contribution in [-0.4, -0.2) is 19.7 Å². The third-order valence-electron chi connectivity index (χ3n) is 5.86. The Kier molecular flexibility index (Phi) is 4.87. The number of benzene rings is 1. The third-order valence-corrected chi connectivity index (χ3v) is 7.05. The monoisotopic (exact) mass is 416 g/mol. The Labute approximate surface area is 179 Å². The second-order valence-corrected chi connectivity index (χ2v) is 8.99. The van der Waals surface area contributed by atoms with Crippen LogP contribution in [0.2, 0.25) is 0 Å². The average Bonchev–Trinajstić information content (AvgIpc) is 3.24. The molecule has 0 saturated carbocycles. The molecule has 4 aromatic rings. The summed E-state index contributed by atoms with van der Waals surface area (Å²) in [5, 5.41) is 5.51. The molecule has 5 nitrogen and oxygen atoms in total. The molecule has 0 spiro atoms. The van der Waals surface area contributed by atoms with E-state index in [2.05, 4.69) is 24.0 Å². The number of thiophene rings is 1. The maximum Gasteiger partial charge on any atom is 0.260 e. The van der Waals surface area contributed by atoms with Crippen LogP contribution >= 0.6 is 11.3 Å². The number of aryl methyl sites for hydroxylation is 3. The van der Waals surface area contributed by atoms with Crippen LogP contribution in [0.1, 0.15) is 51.6 Å². The van der Waals surface area contributed by atoms with Crippen LogP contribution in [0.3, 0.4) is 0 Å². The fourth-order valence-electron chi connectivity index (χ4n) is 4.28. The van der Waals surface area contributed by atoms with Crippen molar-refractivity contribution in [2.45, 2.75) is 46.1 Å². The molecule has 6 heteroatoms. The fourth-order valence-corrected chi connectivity index (χ4v) is 5.55. The molecule has 0 amide bonds. The number of aromatic amines is 1. The van der Waals surface area contributed by atoms with Gasteiger partial charge in [-0.1, -0.05) is 30.3 Å². The highest BCUT2D eigenvalue weighted by molar-refractivity contribution is 7.18. The first-order chi connectivity index (χ1) is 14.6. The summed E-state index contributed by atoms with van der Waals surface area (Å²) in [6.45, 7) is 4.83. The van der Waals surface area contributed by atoms with Crippen molar-refractivity contribution in [2.75, 3.05) is 0 Å². The summed E-state index contributed by atoms with van der Waals surface area (Å²) in [6.07, 6.45) is 8.33. The van der Waals surface area contributed by atoms with Crippen LogP contribution in [0.25, 0.3) is 22.4 Å². The smallest absolute Gasteiger partial charge is 0.260 e. The lowest BCUT2D eigenvalue weighted by atomic mass is 9.97. The Bertz CT molecular complexity index is 1310. The number of rotatable bonds is 4. The van der Waals surface area contributed by atoms with Gasteiger partial charge in [-0.3, -0.25) is 9.48 Å². The summed E-state index contributed by atoms with van der Waals surface area (Å²) in [7, 11) is 0. The third kappa shape index (κ3) is 3.41. The van der Waals surface area contributed by atoms with Gasteiger partial charge in [0, 0.05) is 16.1 Å². The molecule has 0 fully saturated rings. The number of fused-ring (bicyclic) bond motifs is 3. The van der Waals surface area contributed by atoms with Crippen molar-refractivity contribution in [3.8, 4) is 0 Å².